The van der Waals surface area contributed by atoms with Crippen molar-refractivity contribution >= 4 is 5.96 Å². The lowest BCUT2D eigenvalue weighted by Gasteiger charge is -2.05. The molecule has 8 heteroatoms. The summed E-state index contributed by atoms with van der Waals surface area (Å²) in [4.78, 5) is 3.85. The molecule has 3 N–H and O–H groups in total. The maximum absolute atomic E-state index is 12.6. The molecule has 0 fully saturated rings. The SMILES string of the molecule is CCCNC(N)=NCc1cn(C)nc1C(F)(F)F. The van der Waals surface area contributed by atoms with Crippen LogP contribution in [0.25, 0.3) is 0 Å². The normalized spacial score (nSPS) is 12.8. The summed E-state index contributed by atoms with van der Waals surface area (Å²) in [5.74, 6) is 0.133. The molecule has 0 aliphatic carbocycles. The van der Waals surface area contributed by atoms with Crippen molar-refractivity contribution in [3.05, 3.63) is 17.5 Å². The minimum absolute atomic E-state index is 0.00579. The molecule has 0 saturated heterocycles. The molecule has 0 aliphatic rings. The number of halogens is 3. The third-order valence-electron chi connectivity index (χ3n) is 2.15. The van der Waals surface area contributed by atoms with Crippen molar-refractivity contribution in [2.45, 2.75) is 26.1 Å². The van der Waals surface area contributed by atoms with E-state index in [4.69, 9.17) is 5.73 Å². The number of nitrogens with zero attached hydrogens (tertiary/aromatic N) is 3. The van der Waals surface area contributed by atoms with Crippen LogP contribution >= 0.6 is 0 Å². The zero-order chi connectivity index (χ0) is 13.8. The number of aliphatic imine (C=N–C) groups is 1. The number of hydrogen-bond acceptors (Lipinski definition) is 2. The van der Waals surface area contributed by atoms with Gasteiger partial charge in [-0.2, -0.15) is 18.3 Å². The largest absolute Gasteiger partial charge is 0.435 e. The number of aryl methyl sites for hydroxylation is 1. The quantitative estimate of drug-likeness (QED) is 0.634. The third-order valence-corrected chi connectivity index (χ3v) is 2.15. The summed E-state index contributed by atoms with van der Waals surface area (Å²) < 4.78 is 39.0. The van der Waals surface area contributed by atoms with Gasteiger partial charge in [0.05, 0.1) is 6.54 Å². The van der Waals surface area contributed by atoms with Crippen LogP contribution < -0.4 is 11.1 Å². The predicted octanol–water partition coefficient (Wildman–Crippen LogP) is 1.25. The molecule has 0 radical (unpaired) electrons. The van der Waals surface area contributed by atoms with Crippen molar-refractivity contribution in [3.8, 4) is 0 Å². The monoisotopic (exact) mass is 263 g/mol. The molecule has 0 amide bonds. The smallest absolute Gasteiger partial charge is 0.370 e. The van der Waals surface area contributed by atoms with Crippen molar-refractivity contribution in [3.63, 3.8) is 0 Å². The fourth-order valence-corrected chi connectivity index (χ4v) is 1.37. The van der Waals surface area contributed by atoms with Crippen LogP contribution in [0.2, 0.25) is 0 Å². The second-order valence-corrected chi connectivity index (χ2v) is 3.80. The van der Waals surface area contributed by atoms with Gasteiger partial charge in [0.2, 0.25) is 0 Å². The second kappa shape index (κ2) is 5.74. The fourth-order valence-electron chi connectivity index (χ4n) is 1.37. The first kappa shape index (κ1) is 14.3. The highest BCUT2D eigenvalue weighted by atomic mass is 19.4. The average Bonchev–Trinajstić information content (AvgIpc) is 2.65. The van der Waals surface area contributed by atoms with E-state index in [0.717, 1.165) is 11.1 Å². The van der Waals surface area contributed by atoms with Gasteiger partial charge in [-0.3, -0.25) is 4.68 Å². The molecule has 18 heavy (non-hydrogen) atoms. The standard InChI is InChI=1S/C10H16F3N5/c1-3-4-15-9(14)16-5-7-6-18(2)17-8(7)10(11,12)13/h6H,3-5H2,1-2H3,(H3,14,15,16). The minimum atomic E-state index is -4.47. The summed E-state index contributed by atoms with van der Waals surface area (Å²) in [6, 6.07) is 0. The van der Waals surface area contributed by atoms with E-state index >= 15 is 0 Å². The van der Waals surface area contributed by atoms with E-state index in [9.17, 15) is 13.2 Å². The summed E-state index contributed by atoms with van der Waals surface area (Å²) in [5, 5.41) is 6.17. The number of nitrogens with one attached hydrogen (secondary N) is 1. The van der Waals surface area contributed by atoms with Crippen LogP contribution in [-0.2, 0) is 19.8 Å². The number of hydrogen-bond donors (Lipinski definition) is 2. The van der Waals surface area contributed by atoms with Crippen molar-refractivity contribution in [2.24, 2.45) is 17.8 Å². The molecular weight excluding hydrogens is 247 g/mol. The Morgan fingerprint density at radius 3 is 2.78 bits per heavy atom. The van der Waals surface area contributed by atoms with E-state index in [1.165, 1.54) is 13.2 Å². The average molecular weight is 263 g/mol. The van der Waals surface area contributed by atoms with Crippen LogP contribution in [-0.4, -0.2) is 22.3 Å². The molecule has 5 nitrogen and oxygen atoms in total. The van der Waals surface area contributed by atoms with Crippen LogP contribution in [0, 0.1) is 0 Å². The fraction of sp³-hybridized carbons (Fsp3) is 0.600. The molecule has 0 spiro atoms. The second-order valence-electron chi connectivity index (χ2n) is 3.80. The minimum Gasteiger partial charge on any atom is -0.370 e. The summed E-state index contributed by atoms with van der Waals surface area (Å²) in [6.07, 6.45) is -2.33. The number of aromatic nitrogens is 2. The van der Waals surface area contributed by atoms with Gasteiger partial charge in [-0.15, -0.1) is 0 Å². The van der Waals surface area contributed by atoms with E-state index in [-0.39, 0.29) is 18.1 Å². The van der Waals surface area contributed by atoms with Gasteiger partial charge < -0.3 is 11.1 Å². The van der Waals surface area contributed by atoms with E-state index in [2.05, 4.69) is 15.4 Å². The number of alkyl halides is 3. The Hall–Kier alpha value is -1.73. The maximum Gasteiger partial charge on any atom is 0.435 e. The Labute approximate surface area is 103 Å². The maximum atomic E-state index is 12.6. The van der Waals surface area contributed by atoms with Crippen LogP contribution in [0.3, 0.4) is 0 Å². The Balaban J connectivity index is 2.79. The summed E-state index contributed by atoms with van der Waals surface area (Å²) in [5.41, 5.74) is 4.59. The summed E-state index contributed by atoms with van der Waals surface area (Å²) in [7, 11) is 1.43. The molecule has 0 aliphatic heterocycles. The Morgan fingerprint density at radius 1 is 1.56 bits per heavy atom. The van der Waals surface area contributed by atoms with Gasteiger partial charge in [0.15, 0.2) is 11.7 Å². The molecule has 0 atom stereocenters. The molecule has 0 aromatic carbocycles. The van der Waals surface area contributed by atoms with E-state index in [1.807, 2.05) is 6.92 Å². The Kier molecular flexibility index (Phi) is 4.57. The van der Waals surface area contributed by atoms with Gasteiger partial charge in [-0.1, -0.05) is 6.92 Å². The molecule has 1 aromatic rings. The predicted molar refractivity (Wildman–Crippen MR) is 61.8 cm³/mol. The molecular formula is C10H16F3N5. The zero-order valence-electron chi connectivity index (χ0n) is 10.3. The van der Waals surface area contributed by atoms with E-state index < -0.39 is 11.9 Å². The van der Waals surface area contributed by atoms with Crippen LogP contribution in [0.15, 0.2) is 11.2 Å². The number of guanidine groups is 1. The molecule has 1 heterocycles. The number of rotatable bonds is 4. The first-order valence-corrected chi connectivity index (χ1v) is 5.48. The highest BCUT2D eigenvalue weighted by Gasteiger charge is 2.36. The lowest BCUT2D eigenvalue weighted by atomic mass is 10.2. The Morgan fingerprint density at radius 2 is 2.22 bits per heavy atom. The lowest BCUT2D eigenvalue weighted by Crippen LogP contribution is -2.32. The Bertz CT molecular complexity index is 422. The van der Waals surface area contributed by atoms with Gasteiger partial charge in [-0.25, -0.2) is 4.99 Å². The van der Waals surface area contributed by atoms with Gasteiger partial charge in [-0.05, 0) is 6.42 Å². The van der Waals surface area contributed by atoms with Gasteiger partial charge >= 0.3 is 6.18 Å². The van der Waals surface area contributed by atoms with Gasteiger partial charge in [0, 0.05) is 25.4 Å². The lowest BCUT2D eigenvalue weighted by molar-refractivity contribution is -0.142. The topological polar surface area (TPSA) is 68.2 Å². The summed E-state index contributed by atoms with van der Waals surface area (Å²) in [6.45, 7) is 2.43. The highest BCUT2D eigenvalue weighted by molar-refractivity contribution is 5.77. The third kappa shape index (κ3) is 3.94. The van der Waals surface area contributed by atoms with E-state index in [0.29, 0.717) is 6.54 Å². The summed E-state index contributed by atoms with van der Waals surface area (Å²) >= 11 is 0. The molecule has 102 valence electrons. The van der Waals surface area contributed by atoms with Crippen molar-refractivity contribution in [1.29, 1.82) is 0 Å². The molecule has 1 rings (SSSR count). The molecule has 0 bridgehead atoms. The highest BCUT2D eigenvalue weighted by Crippen LogP contribution is 2.30. The van der Waals surface area contributed by atoms with E-state index in [1.54, 1.807) is 0 Å². The first-order chi connectivity index (χ1) is 8.34. The molecule has 1 aromatic heterocycles. The number of nitrogens with two attached hydrogens (primary N) is 1. The zero-order valence-corrected chi connectivity index (χ0v) is 10.3. The van der Waals surface area contributed by atoms with Gasteiger partial charge in [0.1, 0.15) is 0 Å². The van der Waals surface area contributed by atoms with Crippen molar-refractivity contribution < 1.29 is 13.2 Å². The first-order valence-electron chi connectivity index (χ1n) is 5.48. The van der Waals surface area contributed by atoms with Crippen molar-refractivity contribution in [1.82, 2.24) is 15.1 Å². The van der Waals surface area contributed by atoms with Crippen molar-refractivity contribution in [2.75, 3.05) is 6.54 Å². The van der Waals surface area contributed by atoms with Gasteiger partial charge in [0.25, 0.3) is 0 Å². The van der Waals surface area contributed by atoms with Crippen LogP contribution in [0.5, 0.6) is 0 Å². The molecule has 0 unspecified atom stereocenters. The van der Waals surface area contributed by atoms with Crippen LogP contribution in [0.4, 0.5) is 13.2 Å². The van der Waals surface area contributed by atoms with Crippen LogP contribution in [0.1, 0.15) is 24.6 Å². The molecule has 0 saturated carbocycles.